The van der Waals surface area contributed by atoms with E-state index in [2.05, 4.69) is 10.0 Å². The highest BCUT2D eigenvalue weighted by Gasteiger charge is 2.26. The predicted octanol–water partition coefficient (Wildman–Crippen LogP) is 1.67. The van der Waals surface area contributed by atoms with Gasteiger partial charge < -0.3 is 5.32 Å². The number of benzene rings is 1. The van der Waals surface area contributed by atoms with Gasteiger partial charge in [-0.1, -0.05) is 19.1 Å². The average molecular weight is 282 g/mol. The van der Waals surface area contributed by atoms with Gasteiger partial charge >= 0.3 is 0 Å². The molecule has 1 aromatic carbocycles. The summed E-state index contributed by atoms with van der Waals surface area (Å²) in [7, 11) is -3.42. The molecule has 1 heterocycles. The van der Waals surface area contributed by atoms with Crippen molar-refractivity contribution in [3.05, 3.63) is 29.8 Å². The fourth-order valence-corrected chi connectivity index (χ4v) is 3.83. The number of aryl methyl sites for hydroxylation is 1. The van der Waals surface area contributed by atoms with E-state index >= 15 is 0 Å². The van der Waals surface area contributed by atoms with E-state index in [9.17, 15) is 8.42 Å². The third kappa shape index (κ3) is 3.55. The lowest BCUT2D eigenvalue weighted by Gasteiger charge is -2.30. The van der Waals surface area contributed by atoms with Crippen LogP contribution in [0.15, 0.2) is 29.2 Å². The summed E-state index contributed by atoms with van der Waals surface area (Å²) in [6.07, 6.45) is 2.73. The van der Waals surface area contributed by atoms with Crippen molar-refractivity contribution in [1.29, 1.82) is 0 Å². The van der Waals surface area contributed by atoms with E-state index in [1.807, 2.05) is 19.9 Å². The van der Waals surface area contributed by atoms with Crippen LogP contribution in [0.3, 0.4) is 0 Å². The smallest absolute Gasteiger partial charge is 0.240 e. The van der Waals surface area contributed by atoms with Crippen molar-refractivity contribution in [3.8, 4) is 0 Å². The molecule has 0 spiro atoms. The van der Waals surface area contributed by atoms with E-state index in [0.717, 1.165) is 31.4 Å². The summed E-state index contributed by atoms with van der Waals surface area (Å²) in [6.45, 7) is 5.01. The summed E-state index contributed by atoms with van der Waals surface area (Å²) < 4.78 is 27.6. The molecule has 1 saturated heterocycles. The van der Waals surface area contributed by atoms with Gasteiger partial charge in [-0.2, -0.15) is 0 Å². The molecule has 5 heteroatoms. The van der Waals surface area contributed by atoms with Crippen LogP contribution in [0.25, 0.3) is 0 Å². The second-order valence-corrected chi connectivity index (χ2v) is 6.83. The Bertz CT molecular complexity index is 528. The van der Waals surface area contributed by atoms with Crippen LogP contribution in [0.4, 0.5) is 0 Å². The number of sulfonamides is 1. The van der Waals surface area contributed by atoms with Gasteiger partial charge in [0, 0.05) is 12.1 Å². The first-order valence-corrected chi connectivity index (χ1v) is 8.36. The van der Waals surface area contributed by atoms with Crippen LogP contribution in [-0.4, -0.2) is 27.0 Å². The minimum atomic E-state index is -3.42. The lowest BCUT2D eigenvalue weighted by molar-refractivity contribution is 0.349. The summed E-state index contributed by atoms with van der Waals surface area (Å²) in [6, 6.07) is 7.31. The molecule has 0 aliphatic carbocycles. The van der Waals surface area contributed by atoms with Crippen molar-refractivity contribution >= 4 is 10.0 Å². The predicted molar refractivity (Wildman–Crippen MR) is 76.6 cm³/mol. The van der Waals surface area contributed by atoms with Crippen LogP contribution in [-0.2, 0) is 16.4 Å². The van der Waals surface area contributed by atoms with Gasteiger partial charge in [-0.25, -0.2) is 13.1 Å². The van der Waals surface area contributed by atoms with Crippen LogP contribution in [0.5, 0.6) is 0 Å². The molecule has 0 unspecified atom stereocenters. The molecule has 2 rings (SSSR count). The van der Waals surface area contributed by atoms with Crippen molar-refractivity contribution in [2.45, 2.75) is 50.1 Å². The van der Waals surface area contributed by atoms with Gasteiger partial charge in [0.25, 0.3) is 0 Å². The molecule has 0 aromatic heterocycles. The van der Waals surface area contributed by atoms with E-state index in [0.29, 0.717) is 4.90 Å². The van der Waals surface area contributed by atoms with Crippen molar-refractivity contribution in [2.75, 3.05) is 6.54 Å². The molecule has 1 fully saturated rings. The molecule has 0 bridgehead atoms. The number of rotatable bonds is 4. The number of piperidine rings is 1. The lowest BCUT2D eigenvalue weighted by Crippen LogP contribution is -2.51. The van der Waals surface area contributed by atoms with Gasteiger partial charge in [0.15, 0.2) is 0 Å². The van der Waals surface area contributed by atoms with Crippen molar-refractivity contribution in [2.24, 2.45) is 0 Å². The summed E-state index contributed by atoms with van der Waals surface area (Å²) in [5, 5.41) is 3.30. The van der Waals surface area contributed by atoms with E-state index < -0.39 is 10.0 Å². The third-order valence-corrected chi connectivity index (χ3v) is 5.17. The van der Waals surface area contributed by atoms with E-state index in [1.165, 1.54) is 0 Å². The summed E-state index contributed by atoms with van der Waals surface area (Å²) in [5.74, 6) is 0. The summed E-state index contributed by atoms with van der Waals surface area (Å²) in [5.41, 5.74) is 1.04. The van der Waals surface area contributed by atoms with Crippen molar-refractivity contribution < 1.29 is 8.42 Å². The zero-order chi connectivity index (χ0) is 13.9. The standard InChI is InChI=1S/C14H22N2O2S/c1-3-12-6-4-7-13(10-12)19(17,18)16-14-8-5-9-15-11(14)2/h4,6-7,10-11,14-16H,3,5,8-9H2,1-2H3/t11-,14-/m0/s1. The molecule has 106 valence electrons. The normalized spacial score (nSPS) is 24.3. The summed E-state index contributed by atoms with van der Waals surface area (Å²) >= 11 is 0. The fraction of sp³-hybridized carbons (Fsp3) is 0.571. The van der Waals surface area contributed by atoms with Gasteiger partial charge in [0.2, 0.25) is 10.0 Å². The second kappa shape index (κ2) is 6.03. The van der Waals surface area contributed by atoms with Crippen LogP contribution in [0.1, 0.15) is 32.3 Å². The SMILES string of the molecule is CCc1cccc(S(=O)(=O)N[C@H]2CCCN[C@H]2C)c1. The monoisotopic (exact) mass is 282 g/mol. The van der Waals surface area contributed by atoms with Crippen LogP contribution >= 0.6 is 0 Å². The molecule has 0 amide bonds. The van der Waals surface area contributed by atoms with Crippen LogP contribution in [0, 0.1) is 0 Å². The Balaban J connectivity index is 2.17. The largest absolute Gasteiger partial charge is 0.313 e. The highest BCUT2D eigenvalue weighted by atomic mass is 32.2. The zero-order valence-corrected chi connectivity index (χ0v) is 12.3. The quantitative estimate of drug-likeness (QED) is 0.883. The molecular weight excluding hydrogens is 260 g/mol. The average Bonchev–Trinajstić information content (AvgIpc) is 2.41. The maximum absolute atomic E-state index is 12.4. The first-order chi connectivity index (χ1) is 9.03. The highest BCUT2D eigenvalue weighted by molar-refractivity contribution is 7.89. The molecule has 1 aliphatic rings. The Morgan fingerprint density at radius 2 is 2.21 bits per heavy atom. The molecule has 2 atom stereocenters. The van der Waals surface area contributed by atoms with Crippen molar-refractivity contribution in [3.63, 3.8) is 0 Å². The molecular formula is C14H22N2O2S. The Labute approximate surface area is 115 Å². The summed E-state index contributed by atoms with van der Waals surface area (Å²) in [4.78, 5) is 0.365. The topological polar surface area (TPSA) is 58.2 Å². The van der Waals surface area contributed by atoms with Gasteiger partial charge in [-0.05, 0) is 50.4 Å². The number of hydrogen-bond acceptors (Lipinski definition) is 3. The Morgan fingerprint density at radius 3 is 2.89 bits per heavy atom. The van der Waals surface area contributed by atoms with Crippen molar-refractivity contribution in [1.82, 2.24) is 10.0 Å². The Hall–Kier alpha value is -0.910. The van der Waals surface area contributed by atoms with E-state index in [4.69, 9.17) is 0 Å². The minimum absolute atomic E-state index is 0.0240. The van der Waals surface area contributed by atoms with Crippen LogP contribution < -0.4 is 10.0 Å². The van der Waals surface area contributed by atoms with Gasteiger partial charge in [-0.15, -0.1) is 0 Å². The maximum atomic E-state index is 12.4. The highest BCUT2D eigenvalue weighted by Crippen LogP contribution is 2.15. The third-order valence-electron chi connectivity index (χ3n) is 3.69. The lowest BCUT2D eigenvalue weighted by atomic mass is 10.0. The molecule has 0 radical (unpaired) electrons. The van der Waals surface area contributed by atoms with E-state index in [1.54, 1.807) is 18.2 Å². The fourth-order valence-electron chi connectivity index (χ4n) is 2.40. The van der Waals surface area contributed by atoms with E-state index in [-0.39, 0.29) is 12.1 Å². The molecule has 19 heavy (non-hydrogen) atoms. The molecule has 1 aliphatic heterocycles. The molecule has 0 saturated carbocycles. The minimum Gasteiger partial charge on any atom is -0.313 e. The van der Waals surface area contributed by atoms with Crippen LogP contribution in [0.2, 0.25) is 0 Å². The first kappa shape index (κ1) is 14.5. The molecule has 1 aromatic rings. The first-order valence-electron chi connectivity index (χ1n) is 6.87. The molecule has 4 nitrogen and oxygen atoms in total. The zero-order valence-electron chi connectivity index (χ0n) is 11.5. The van der Waals surface area contributed by atoms with Gasteiger partial charge in [0.1, 0.15) is 0 Å². The number of nitrogens with one attached hydrogen (secondary N) is 2. The van der Waals surface area contributed by atoms with Gasteiger partial charge in [0.05, 0.1) is 4.90 Å². The Kier molecular flexibility index (Phi) is 4.60. The van der Waals surface area contributed by atoms with Gasteiger partial charge in [-0.3, -0.25) is 0 Å². The maximum Gasteiger partial charge on any atom is 0.240 e. The molecule has 2 N–H and O–H groups in total. The number of hydrogen-bond donors (Lipinski definition) is 2. The Morgan fingerprint density at radius 1 is 1.42 bits per heavy atom. The second-order valence-electron chi connectivity index (χ2n) is 5.11.